The second-order valence-corrected chi connectivity index (χ2v) is 6.36. The molecule has 1 aliphatic rings. The van der Waals surface area contributed by atoms with Crippen LogP contribution in [0.15, 0.2) is 30.5 Å². The van der Waals surface area contributed by atoms with E-state index in [9.17, 15) is 13.2 Å². The number of hydrogen-bond donors (Lipinski definition) is 0. The predicted octanol–water partition coefficient (Wildman–Crippen LogP) is 4.31. The topological polar surface area (TPSA) is 16.1 Å². The number of piperidine rings is 1. The maximum atomic E-state index is 13.2. The van der Waals surface area contributed by atoms with Gasteiger partial charge in [0.05, 0.1) is 11.1 Å². The standard InChI is InChI=1S/C17H19F3N2/c1-11-8-12(10-22(2)9-11)13-5-6-15(17(18,19)20)16-14(13)4-3-7-21-16/h3-7,11-12H,8-10H2,1-2H3/t11-,12-/m1/s1. The fourth-order valence-corrected chi connectivity index (χ4v) is 3.62. The Morgan fingerprint density at radius 1 is 1.18 bits per heavy atom. The molecule has 1 aromatic heterocycles. The summed E-state index contributed by atoms with van der Waals surface area (Å²) >= 11 is 0. The lowest BCUT2D eigenvalue weighted by atomic mass is 9.83. The fourth-order valence-electron chi connectivity index (χ4n) is 3.62. The number of likely N-dealkylation sites (tertiary alicyclic amines) is 1. The van der Waals surface area contributed by atoms with Gasteiger partial charge in [0, 0.05) is 24.7 Å². The predicted molar refractivity (Wildman–Crippen MR) is 80.8 cm³/mol. The molecule has 0 N–H and O–H groups in total. The molecule has 22 heavy (non-hydrogen) atoms. The summed E-state index contributed by atoms with van der Waals surface area (Å²) in [6, 6.07) is 6.29. The molecular weight excluding hydrogens is 289 g/mol. The molecule has 2 aromatic rings. The lowest BCUT2D eigenvalue weighted by Crippen LogP contribution is -2.35. The lowest BCUT2D eigenvalue weighted by Gasteiger charge is -2.34. The van der Waals surface area contributed by atoms with Gasteiger partial charge in [-0.25, -0.2) is 0 Å². The van der Waals surface area contributed by atoms with Gasteiger partial charge in [-0.05, 0) is 43.0 Å². The summed E-state index contributed by atoms with van der Waals surface area (Å²) in [7, 11) is 2.06. The van der Waals surface area contributed by atoms with E-state index in [4.69, 9.17) is 0 Å². The minimum atomic E-state index is -4.37. The molecule has 2 nitrogen and oxygen atoms in total. The number of aromatic nitrogens is 1. The number of pyridine rings is 1. The number of halogens is 3. The number of rotatable bonds is 1. The zero-order valence-electron chi connectivity index (χ0n) is 12.7. The molecule has 3 rings (SSSR count). The normalized spacial score (nSPS) is 23.9. The molecule has 2 heterocycles. The molecule has 0 unspecified atom stereocenters. The molecule has 1 fully saturated rings. The molecule has 0 amide bonds. The first-order chi connectivity index (χ1) is 10.4. The molecule has 0 spiro atoms. The van der Waals surface area contributed by atoms with Gasteiger partial charge in [-0.15, -0.1) is 0 Å². The van der Waals surface area contributed by atoms with E-state index in [0.717, 1.165) is 25.1 Å². The number of fused-ring (bicyclic) bond motifs is 1. The minimum Gasteiger partial charge on any atom is -0.305 e. The summed E-state index contributed by atoms with van der Waals surface area (Å²) < 4.78 is 39.5. The first kappa shape index (κ1) is 15.3. The van der Waals surface area contributed by atoms with Crippen LogP contribution in [0.25, 0.3) is 10.9 Å². The monoisotopic (exact) mass is 308 g/mol. The number of benzene rings is 1. The second kappa shape index (κ2) is 5.54. The third kappa shape index (κ3) is 2.82. The van der Waals surface area contributed by atoms with Gasteiger partial charge in [-0.2, -0.15) is 13.2 Å². The van der Waals surface area contributed by atoms with E-state index in [1.807, 2.05) is 0 Å². The van der Waals surface area contributed by atoms with Crippen molar-refractivity contribution in [2.75, 3.05) is 20.1 Å². The van der Waals surface area contributed by atoms with Gasteiger partial charge in [0.15, 0.2) is 0 Å². The molecule has 1 aliphatic heterocycles. The Kier molecular flexibility index (Phi) is 3.85. The smallest absolute Gasteiger partial charge is 0.305 e. The summed E-state index contributed by atoms with van der Waals surface area (Å²) in [6.07, 6.45) is -1.95. The highest BCUT2D eigenvalue weighted by atomic mass is 19.4. The lowest BCUT2D eigenvalue weighted by molar-refractivity contribution is -0.136. The van der Waals surface area contributed by atoms with Gasteiger partial charge >= 0.3 is 6.18 Å². The Hall–Kier alpha value is -1.62. The van der Waals surface area contributed by atoms with Crippen LogP contribution in [0.1, 0.15) is 30.4 Å². The molecule has 0 saturated carbocycles. The second-order valence-electron chi connectivity index (χ2n) is 6.36. The van der Waals surface area contributed by atoms with Crippen LogP contribution in [-0.2, 0) is 6.18 Å². The molecule has 1 saturated heterocycles. The van der Waals surface area contributed by atoms with Crippen molar-refractivity contribution in [2.24, 2.45) is 5.92 Å². The molecule has 1 aromatic carbocycles. The van der Waals surface area contributed by atoms with E-state index in [1.165, 1.54) is 12.3 Å². The number of likely N-dealkylation sites (N-methyl/N-ethyl adjacent to an activating group) is 1. The van der Waals surface area contributed by atoms with Gasteiger partial charge < -0.3 is 4.90 Å². The van der Waals surface area contributed by atoms with Gasteiger partial charge in [-0.3, -0.25) is 4.98 Å². The summed E-state index contributed by atoms with van der Waals surface area (Å²) in [5.41, 5.74) is 0.395. The molecule has 0 aliphatic carbocycles. The molecular formula is C17H19F3N2. The highest BCUT2D eigenvalue weighted by molar-refractivity contribution is 5.86. The third-order valence-electron chi connectivity index (χ3n) is 4.39. The van der Waals surface area contributed by atoms with E-state index < -0.39 is 11.7 Å². The Balaban J connectivity index is 2.12. The zero-order valence-corrected chi connectivity index (χ0v) is 12.7. The first-order valence-corrected chi connectivity index (χ1v) is 7.49. The fraction of sp³-hybridized carbons (Fsp3) is 0.471. The Bertz CT molecular complexity index is 671. The van der Waals surface area contributed by atoms with Crippen LogP contribution < -0.4 is 0 Å². The van der Waals surface area contributed by atoms with Crippen molar-refractivity contribution < 1.29 is 13.2 Å². The van der Waals surface area contributed by atoms with Gasteiger partial charge in [0.2, 0.25) is 0 Å². The number of hydrogen-bond acceptors (Lipinski definition) is 2. The van der Waals surface area contributed by atoms with E-state index >= 15 is 0 Å². The largest absolute Gasteiger partial charge is 0.418 e. The van der Waals surface area contributed by atoms with Crippen LogP contribution in [0.2, 0.25) is 0 Å². The van der Waals surface area contributed by atoms with Gasteiger partial charge in [0.1, 0.15) is 0 Å². The molecule has 5 heteroatoms. The highest BCUT2D eigenvalue weighted by Crippen LogP contribution is 2.39. The zero-order chi connectivity index (χ0) is 15.9. The van der Waals surface area contributed by atoms with E-state index in [0.29, 0.717) is 11.3 Å². The average molecular weight is 308 g/mol. The maximum Gasteiger partial charge on any atom is 0.418 e. The van der Waals surface area contributed by atoms with E-state index in [2.05, 4.69) is 23.9 Å². The van der Waals surface area contributed by atoms with Gasteiger partial charge in [0.25, 0.3) is 0 Å². The van der Waals surface area contributed by atoms with Crippen molar-refractivity contribution in [1.82, 2.24) is 9.88 Å². The van der Waals surface area contributed by atoms with Crippen molar-refractivity contribution >= 4 is 10.9 Å². The Morgan fingerprint density at radius 3 is 2.64 bits per heavy atom. The summed E-state index contributed by atoms with van der Waals surface area (Å²) in [6.45, 7) is 4.10. The summed E-state index contributed by atoms with van der Waals surface area (Å²) in [4.78, 5) is 6.26. The van der Waals surface area contributed by atoms with Crippen LogP contribution in [0.4, 0.5) is 13.2 Å². The van der Waals surface area contributed by atoms with Crippen molar-refractivity contribution in [1.29, 1.82) is 0 Å². The minimum absolute atomic E-state index is 0.0633. The molecule has 2 atom stereocenters. The summed E-state index contributed by atoms with van der Waals surface area (Å²) in [5.74, 6) is 0.792. The van der Waals surface area contributed by atoms with Gasteiger partial charge in [-0.1, -0.05) is 19.1 Å². The van der Waals surface area contributed by atoms with Crippen molar-refractivity contribution in [3.63, 3.8) is 0 Å². The Labute approximate surface area is 128 Å². The van der Waals surface area contributed by atoms with E-state index in [1.54, 1.807) is 18.2 Å². The van der Waals surface area contributed by atoms with Crippen LogP contribution in [0, 0.1) is 5.92 Å². The Morgan fingerprint density at radius 2 is 1.95 bits per heavy atom. The van der Waals surface area contributed by atoms with Crippen LogP contribution >= 0.6 is 0 Å². The highest BCUT2D eigenvalue weighted by Gasteiger charge is 2.34. The van der Waals surface area contributed by atoms with E-state index in [-0.39, 0.29) is 11.4 Å². The SMILES string of the molecule is C[C@@H]1C[C@@H](c2ccc(C(F)(F)F)c3ncccc23)CN(C)C1. The third-order valence-corrected chi connectivity index (χ3v) is 4.39. The van der Waals surface area contributed by atoms with Crippen LogP contribution in [0.5, 0.6) is 0 Å². The molecule has 118 valence electrons. The van der Waals surface area contributed by atoms with Crippen LogP contribution in [-0.4, -0.2) is 30.0 Å². The quantitative estimate of drug-likeness (QED) is 0.780. The average Bonchev–Trinajstić information content (AvgIpc) is 2.44. The number of nitrogens with zero attached hydrogens (tertiary/aromatic N) is 2. The molecule has 0 radical (unpaired) electrons. The maximum absolute atomic E-state index is 13.2. The first-order valence-electron chi connectivity index (χ1n) is 7.49. The van der Waals surface area contributed by atoms with Crippen molar-refractivity contribution in [2.45, 2.75) is 25.4 Å². The number of alkyl halides is 3. The van der Waals surface area contributed by atoms with Crippen LogP contribution in [0.3, 0.4) is 0 Å². The summed E-state index contributed by atoms with van der Waals surface area (Å²) in [5, 5.41) is 0.629. The van der Waals surface area contributed by atoms with Crippen molar-refractivity contribution in [3.05, 3.63) is 41.6 Å². The van der Waals surface area contributed by atoms with Crippen molar-refractivity contribution in [3.8, 4) is 0 Å². The molecule has 0 bridgehead atoms.